The smallest absolute Gasteiger partial charge is 0.378 e. The minimum Gasteiger partial charge on any atom is -0.378 e. The van der Waals surface area contributed by atoms with Crippen molar-refractivity contribution in [2.75, 3.05) is 47.4 Å². The molecule has 0 spiro atoms. The van der Waals surface area contributed by atoms with Crippen molar-refractivity contribution >= 4 is 39.2 Å². The second-order valence-corrected chi connectivity index (χ2v) is 10.4. The lowest BCUT2D eigenvalue weighted by Gasteiger charge is -2.27. The standard InChI is InChI=1S/C24H26F3N7O4S/c1-2-39(36,37)33-20-17(6-4-8-28-20)14-29-21-19(24(25,26)27)15-30-23(32-21)31-18-7-3-5-16(13-18)22(35)34-9-11-38-12-10-34/h3-8,13,15H,2,9-12,14H2,1H3,(H,28,33)(H2,29,30,31,32). The fraction of sp³-hybridized carbons (Fsp3) is 0.333. The molecule has 39 heavy (non-hydrogen) atoms. The van der Waals surface area contributed by atoms with Gasteiger partial charge in [-0.1, -0.05) is 12.1 Å². The summed E-state index contributed by atoms with van der Waals surface area (Å²) in [5.74, 6) is -1.05. The Morgan fingerprint density at radius 2 is 1.87 bits per heavy atom. The number of benzene rings is 1. The van der Waals surface area contributed by atoms with Gasteiger partial charge in [0.15, 0.2) is 0 Å². The van der Waals surface area contributed by atoms with Crippen molar-refractivity contribution in [3.05, 3.63) is 65.5 Å². The normalized spacial score (nSPS) is 14.1. The Hall–Kier alpha value is -3.98. The fourth-order valence-corrected chi connectivity index (χ4v) is 4.29. The molecule has 4 rings (SSSR count). The number of nitrogens with zero attached hydrogens (tertiary/aromatic N) is 4. The Bertz CT molecular complexity index is 1430. The molecule has 1 aliphatic heterocycles. The molecule has 2 aromatic heterocycles. The summed E-state index contributed by atoms with van der Waals surface area (Å²) in [5.41, 5.74) is 0.00288. The van der Waals surface area contributed by atoms with E-state index in [2.05, 4.69) is 30.3 Å². The zero-order valence-corrected chi connectivity index (χ0v) is 21.6. The first-order valence-corrected chi connectivity index (χ1v) is 13.6. The van der Waals surface area contributed by atoms with Crippen LogP contribution >= 0.6 is 0 Å². The molecule has 0 radical (unpaired) electrons. The average Bonchev–Trinajstić information content (AvgIpc) is 2.92. The van der Waals surface area contributed by atoms with Crippen molar-refractivity contribution in [2.24, 2.45) is 0 Å². The number of amides is 1. The lowest BCUT2D eigenvalue weighted by atomic mass is 10.1. The van der Waals surface area contributed by atoms with Gasteiger partial charge in [0, 0.05) is 48.8 Å². The molecular weight excluding hydrogens is 539 g/mol. The average molecular weight is 566 g/mol. The van der Waals surface area contributed by atoms with E-state index in [-0.39, 0.29) is 30.0 Å². The van der Waals surface area contributed by atoms with Gasteiger partial charge in [0.05, 0.1) is 19.0 Å². The van der Waals surface area contributed by atoms with Crippen LogP contribution in [0.1, 0.15) is 28.4 Å². The predicted molar refractivity (Wildman–Crippen MR) is 138 cm³/mol. The number of anilines is 4. The topological polar surface area (TPSA) is 138 Å². The molecule has 0 saturated carbocycles. The number of nitrogens with one attached hydrogen (secondary N) is 3. The molecule has 15 heteroatoms. The van der Waals surface area contributed by atoms with Crippen LogP contribution in [0.3, 0.4) is 0 Å². The van der Waals surface area contributed by atoms with Crippen LogP contribution in [0, 0.1) is 0 Å². The SMILES string of the molecule is CCS(=O)(=O)Nc1ncccc1CNc1nc(Nc2cccc(C(=O)N3CCOCC3)c2)ncc1C(F)(F)F. The number of aromatic nitrogens is 3. The van der Waals surface area contributed by atoms with Crippen LogP contribution in [-0.4, -0.2) is 66.2 Å². The van der Waals surface area contributed by atoms with Crippen molar-refractivity contribution < 1.29 is 31.1 Å². The molecule has 1 aliphatic rings. The second-order valence-electron chi connectivity index (χ2n) is 8.43. The van der Waals surface area contributed by atoms with Crippen LogP contribution < -0.4 is 15.4 Å². The van der Waals surface area contributed by atoms with Gasteiger partial charge in [-0.2, -0.15) is 18.2 Å². The molecule has 3 heterocycles. The van der Waals surface area contributed by atoms with Crippen molar-refractivity contribution in [3.63, 3.8) is 0 Å². The number of pyridine rings is 1. The number of carbonyl (C=O) groups excluding carboxylic acids is 1. The monoisotopic (exact) mass is 565 g/mol. The molecule has 0 bridgehead atoms. The van der Waals surface area contributed by atoms with Crippen molar-refractivity contribution in [2.45, 2.75) is 19.6 Å². The quantitative estimate of drug-likeness (QED) is 0.356. The van der Waals surface area contributed by atoms with Gasteiger partial charge in [-0.15, -0.1) is 0 Å². The maximum absolute atomic E-state index is 13.7. The first-order valence-electron chi connectivity index (χ1n) is 11.9. The predicted octanol–water partition coefficient (Wildman–Crippen LogP) is 3.48. The Morgan fingerprint density at radius 3 is 2.59 bits per heavy atom. The van der Waals surface area contributed by atoms with Crippen LogP contribution in [0.4, 0.5) is 36.4 Å². The minimum atomic E-state index is -4.76. The van der Waals surface area contributed by atoms with Crippen LogP contribution in [-0.2, 0) is 27.5 Å². The minimum absolute atomic E-state index is 0.00503. The largest absolute Gasteiger partial charge is 0.421 e. The lowest BCUT2D eigenvalue weighted by Crippen LogP contribution is -2.40. The summed E-state index contributed by atoms with van der Waals surface area (Å²) in [6.07, 6.45) is -2.75. The first kappa shape index (κ1) is 28.0. The zero-order chi connectivity index (χ0) is 28.0. The van der Waals surface area contributed by atoms with Gasteiger partial charge < -0.3 is 20.3 Å². The Labute approximate surface area is 222 Å². The lowest BCUT2D eigenvalue weighted by molar-refractivity contribution is -0.137. The van der Waals surface area contributed by atoms with Gasteiger partial charge in [0.25, 0.3) is 5.91 Å². The van der Waals surface area contributed by atoms with E-state index in [1.54, 1.807) is 29.2 Å². The van der Waals surface area contributed by atoms with Gasteiger partial charge in [-0.25, -0.2) is 18.4 Å². The van der Waals surface area contributed by atoms with E-state index >= 15 is 0 Å². The van der Waals surface area contributed by atoms with Gasteiger partial charge in [0.2, 0.25) is 16.0 Å². The van der Waals surface area contributed by atoms with E-state index in [9.17, 15) is 26.4 Å². The summed E-state index contributed by atoms with van der Waals surface area (Å²) in [5, 5.41) is 5.46. The Balaban J connectivity index is 1.55. The Kier molecular flexibility index (Phi) is 8.50. The molecule has 1 aromatic carbocycles. The first-order chi connectivity index (χ1) is 18.6. The van der Waals surface area contributed by atoms with Crippen LogP contribution in [0.25, 0.3) is 0 Å². The zero-order valence-electron chi connectivity index (χ0n) is 20.8. The summed E-state index contributed by atoms with van der Waals surface area (Å²) in [7, 11) is -3.66. The van der Waals surface area contributed by atoms with Crippen molar-refractivity contribution in [1.82, 2.24) is 19.9 Å². The summed E-state index contributed by atoms with van der Waals surface area (Å²) in [6, 6.07) is 9.53. The number of hydrogen-bond donors (Lipinski definition) is 3. The molecule has 0 unspecified atom stereocenters. The van der Waals surface area contributed by atoms with E-state index in [1.807, 2.05) is 0 Å². The molecule has 3 aromatic rings. The van der Waals surface area contributed by atoms with Crippen molar-refractivity contribution in [3.8, 4) is 0 Å². The number of sulfonamides is 1. The molecule has 1 saturated heterocycles. The number of hydrogen-bond acceptors (Lipinski definition) is 9. The molecule has 11 nitrogen and oxygen atoms in total. The van der Waals surface area contributed by atoms with Gasteiger partial charge in [-0.3, -0.25) is 9.52 Å². The van der Waals surface area contributed by atoms with Crippen LogP contribution in [0.2, 0.25) is 0 Å². The third-order valence-electron chi connectivity index (χ3n) is 5.73. The molecular formula is C24H26F3N7O4S. The van der Waals surface area contributed by atoms with E-state index in [0.717, 1.165) is 0 Å². The summed E-state index contributed by atoms with van der Waals surface area (Å²) < 4.78 is 72.7. The second kappa shape index (κ2) is 11.8. The number of carbonyl (C=O) groups is 1. The highest BCUT2D eigenvalue weighted by atomic mass is 32.2. The van der Waals surface area contributed by atoms with E-state index in [4.69, 9.17) is 4.74 Å². The molecule has 1 fully saturated rings. The van der Waals surface area contributed by atoms with E-state index in [1.165, 1.54) is 25.3 Å². The highest BCUT2D eigenvalue weighted by Gasteiger charge is 2.35. The summed E-state index contributed by atoms with van der Waals surface area (Å²) in [6.45, 7) is 3.06. The maximum atomic E-state index is 13.7. The third-order valence-corrected chi connectivity index (χ3v) is 6.99. The summed E-state index contributed by atoms with van der Waals surface area (Å²) >= 11 is 0. The molecule has 208 valence electrons. The van der Waals surface area contributed by atoms with Crippen LogP contribution in [0.15, 0.2) is 48.8 Å². The Morgan fingerprint density at radius 1 is 1.10 bits per heavy atom. The number of rotatable bonds is 9. The van der Waals surface area contributed by atoms with E-state index in [0.29, 0.717) is 49.3 Å². The summed E-state index contributed by atoms with van der Waals surface area (Å²) in [4.78, 5) is 26.3. The van der Waals surface area contributed by atoms with Gasteiger partial charge >= 0.3 is 6.18 Å². The number of morpholine rings is 1. The third kappa shape index (κ3) is 7.32. The number of ether oxygens (including phenoxy) is 1. The highest BCUT2D eigenvalue weighted by molar-refractivity contribution is 7.92. The molecule has 0 aliphatic carbocycles. The fourth-order valence-electron chi connectivity index (χ4n) is 3.66. The highest BCUT2D eigenvalue weighted by Crippen LogP contribution is 2.34. The van der Waals surface area contributed by atoms with Crippen LogP contribution in [0.5, 0.6) is 0 Å². The van der Waals surface area contributed by atoms with Gasteiger partial charge in [0.1, 0.15) is 17.2 Å². The van der Waals surface area contributed by atoms with Gasteiger partial charge in [-0.05, 0) is 31.2 Å². The van der Waals surface area contributed by atoms with Crippen molar-refractivity contribution in [1.29, 1.82) is 0 Å². The molecule has 0 atom stereocenters. The maximum Gasteiger partial charge on any atom is 0.421 e. The molecule has 3 N–H and O–H groups in total. The number of halogens is 3. The number of alkyl halides is 3. The molecule has 1 amide bonds. The van der Waals surface area contributed by atoms with E-state index < -0.39 is 27.6 Å².